The van der Waals surface area contributed by atoms with Crippen molar-refractivity contribution in [1.82, 2.24) is 5.16 Å². The van der Waals surface area contributed by atoms with Gasteiger partial charge in [0.2, 0.25) is 0 Å². The molecule has 1 N–H and O–H groups in total. The first-order valence-electron chi connectivity index (χ1n) is 6.81. The largest absolute Gasteiger partial charge is 0.383 e. The van der Waals surface area contributed by atoms with Gasteiger partial charge >= 0.3 is 0 Å². The van der Waals surface area contributed by atoms with Crippen LogP contribution in [0.25, 0.3) is 0 Å². The summed E-state index contributed by atoms with van der Waals surface area (Å²) < 4.78 is 28.4. The maximum Gasteiger partial charge on any atom is 0.175 e. The number of benzene rings is 1. The summed E-state index contributed by atoms with van der Waals surface area (Å²) in [7, 11) is -3.25. The highest BCUT2D eigenvalue weighted by molar-refractivity contribution is 7.90. The van der Waals surface area contributed by atoms with Crippen molar-refractivity contribution in [3.8, 4) is 0 Å². The summed E-state index contributed by atoms with van der Waals surface area (Å²) >= 11 is 0. The molecular weight excluding hydrogens is 290 g/mol. The summed E-state index contributed by atoms with van der Waals surface area (Å²) in [5.74, 6) is 1.10. The maximum atomic E-state index is 11.6. The molecule has 0 spiro atoms. The molecule has 112 valence electrons. The van der Waals surface area contributed by atoms with Gasteiger partial charge in [0.25, 0.3) is 0 Å². The van der Waals surface area contributed by atoms with E-state index in [0.29, 0.717) is 17.0 Å². The Bertz CT molecular complexity index is 775. The predicted octanol–water partition coefficient (Wildman–Crippen LogP) is 2.35. The van der Waals surface area contributed by atoms with Crippen molar-refractivity contribution in [1.29, 1.82) is 0 Å². The summed E-state index contributed by atoms with van der Waals surface area (Å²) in [6.07, 6.45) is 3.98. The van der Waals surface area contributed by atoms with Crippen molar-refractivity contribution in [3.63, 3.8) is 0 Å². The molecule has 1 fully saturated rings. The Morgan fingerprint density at radius 1 is 1.33 bits per heavy atom. The van der Waals surface area contributed by atoms with E-state index in [1.54, 1.807) is 25.3 Å². The van der Waals surface area contributed by atoms with Crippen molar-refractivity contribution < 1.29 is 18.0 Å². The zero-order valence-corrected chi connectivity index (χ0v) is 12.7. The lowest BCUT2D eigenvalue weighted by atomic mass is 9.97. The number of aryl methyl sites for hydroxylation is 1. The fourth-order valence-corrected chi connectivity index (χ4v) is 3.18. The van der Waals surface area contributed by atoms with Gasteiger partial charge in [0, 0.05) is 17.7 Å². The lowest BCUT2D eigenvalue weighted by Gasteiger charge is -2.14. The normalized spacial score (nSPS) is 16.9. The first kappa shape index (κ1) is 14.3. The minimum atomic E-state index is -3.25. The van der Waals surface area contributed by atoms with Crippen LogP contribution in [0.2, 0.25) is 0 Å². The number of aliphatic hydroxyl groups is 1. The highest BCUT2D eigenvalue weighted by Gasteiger charge is 2.33. The van der Waals surface area contributed by atoms with Gasteiger partial charge in [-0.15, -0.1) is 0 Å². The van der Waals surface area contributed by atoms with Crippen LogP contribution in [0, 0.1) is 6.92 Å². The van der Waals surface area contributed by atoms with Gasteiger partial charge < -0.3 is 9.63 Å². The minimum Gasteiger partial charge on any atom is -0.383 e. The van der Waals surface area contributed by atoms with Gasteiger partial charge in [-0.3, -0.25) is 0 Å². The van der Waals surface area contributed by atoms with E-state index in [2.05, 4.69) is 5.16 Å². The Morgan fingerprint density at radius 2 is 2.05 bits per heavy atom. The Labute approximate surface area is 123 Å². The first-order chi connectivity index (χ1) is 9.88. The maximum absolute atomic E-state index is 11.6. The lowest BCUT2D eigenvalue weighted by molar-refractivity contribution is 0.216. The molecule has 1 aromatic carbocycles. The summed E-state index contributed by atoms with van der Waals surface area (Å²) in [5.41, 5.74) is 2.08. The van der Waals surface area contributed by atoms with Crippen LogP contribution in [0.4, 0.5) is 0 Å². The SMILES string of the molecule is Cc1cc(S(C)(=O)=O)ccc1C(O)c1cnoc1C1CC1. The van der Waals surface area contributed by atoms with Crippen LogP contribution in [-0.2, 0) is 9.84 Å². The molecule has 0 aliphatic heterocycles. The predicted molar refractivity (Wildman–Crippen MR) is 76.8 cm³/mol. The van der Waals surface area contributed by atoms with E-state index in [4.69, 9.17) is 4.52 Å². The molecular formula is C15H17NO4S. The van der Waals surface area contributed by atoms with E-state index in [1.165, 1.54) is 12.3 Å². The van der Waals surface area contributed by atoms with Crippen molar-refractivity contribution in [3.05, 3.63) is 46.8 Å². The third-order valence-electron chi connectivity index (χ3n) is 3.83. The quantitative estimate of drug-likeness (QED) is 0.937. The average Bonchev–Trinajstić information content (AvgIpc) is 3.14. The average molecular weight is 307 g/mol. The van der Waals surface area contributed by atoms with Crippen molar-refractivity contribution >= 4 is 9.84 Å². The number of hydrogen-bond donors (Lipinski definition) is 1. The topological polar surface area (TPSA) is 80.4 Å². The summed E-state index contributed by atoms with van der Waals surface area (Å²) in [6.45, 7) is 1.79. The van der Waals surface area contributed by atoms with Crippen LogP contribution in [0.1, 0.15) is 47.3 Å². The molecule has 0 amide bonds. The molecule has 21 heavy (non-hydrogen) atoms. The molecule has 1 unspecified atom stereocenters. The number of hydrogen-bond acceptors (Lipinski definition) is 5. The van der Waals surface area contributed by atoms with Gasteiger partial charge in [-0.25, -0.2) is 8.42 Å². The van der Waals surface area contributed by atoms with Crippen molar-refractivity contribution in [2.24, 2.45) is 0 Å². The van der Waals surface area contributed by atoms with E-state index in [0.717, 1.165) is 24.2 Å². The zero-order chi connectivity index (χ0) is 15.2. The fourth-order valence-electron chi connectivity index (χ4n) is 2.47. The van der Waals surface area contributed by atoms with E-state index in [1.807, 2.05) is 0 Å². The smallest absolute Gasteiger partial charge is 0.175 e. The molecule has 2 aromatic rings. The summed E-state index contributed by atoms with van der Waals surface area (Å²) in [6, 6.07) is 4.75. The fraction of sp³-hybridized carbons (Fsp3) is 0.400. The van der Waals surface area contributed by atoms with E-state index in [-0.39, 0.29) is 4.90 Å². The highest BCUT2D eigenvalue weighted by atomic mass is 32.2. The third kappa shape index (κ3) is 2.73. The molecule has 5 nitrogen and oxygen atoms in total. The monoisotopic (exact) mass is 307 g/mol. The van der Waals surface area contributed by atoms with E-state index in [9.17, 15) is 13.5 Å². The molecule has 6 heteroatoms. The Hall–Kier alpha value is -1.66. The standard InChI is InChI=1S/C15H17NO4S/c1-9-7-11(21(2,18)19)5-6-12(9)14(17)13-8-16-20-15(13)10-3-4-10/h5-8,10,14,17H,3-4H2,1-2H3. The number of nitrogens with zero attached hydrogens (tertiary/aromatic N) is 1. The molecule has 0 saturated heterocycles. The molecule has 0 bridgehead atoms. The molecule has 1 aliphatic rings. The van der Waals surface area contributed by atoms with Gasteiger partial charge in [-0.2, -0.15) is 0 Å². The Kier molecular flexibility index (Phi) is 3.37. The molecule has 1 saturated carbocycles. The number of sulfone groups is 1. The Morgan fingerprint density at radius 3 is 2.62 bits per heavy atom. The van der Waals surface area contributed by atoms with Crippen LogP contribution in [-0.4, -0.2) is 24.9 Å². The van der Waals surface area contributed by atoms with Crippen LogP contribution in [0.5, 0.6) is 0 Å². The number of rotatable bonds is 4. The second-order valence-corrected chi connectivity index (χ2v) is 7.63. The van der Waals surface area contributed by atoms with Gasteiger partial charge in [0.1, 0.15) is 11.9 Å². The molecule has 1 heterocycles. The number of aromatic nitrogens is 1. The van der Waals surface area contributed by atoms with Crippen LogP contribution < -0.4 is 0 Å². The molecule has 1 atom stereocenters. The van der Waals surface area contributed by atoms with Crippen molar-refractivity contribution in [2.75, 3.05) is 6.26 Å². The van der Waals surface area contributed by atoms with E-state index >= 15 is 0 Å². The minimum absolute atomic E-state index is 0.253. The zero-order valence-electron chi connectivity index (χ0n) is 11.9. The molecule has 1 aromatic heterocycles. The molecule has 0 radical (unpaired) electrons. The highest BCUT2D eigenvalue weighted by Crippen LogP contribution is 2.44. The summed E-state index contributed by atoms with van der Waals surface area (Å²) in [5, 5.41) is 14.3. The molecule has 3 rings (SSSR count). The van der Waals surface area contributed by atoms with E-state index < -0.39 is 15.9 Å². The van der Waals surface area contributed by atoms with Crippen LogP contribution in [0.3, 0.4) is 0 Å². The van der Waals surface area contributed by atoms with Crippen LogP contribution >= 0.6 is 0 Å². The van der Waals surface area contributed by atoms with Gasteiger partial charge in [0.05, 0.1) is 11.1 Å². The second kappa shape index (κ2) is 4.96. The van der Waals surface area contributed by atoms with Gasteiger partial charge in [0.15, 0.2) is 9.84 Å². The molecule has 1 aliphatic carbocycles. The second-order valence-electron chi connectivity index (χ2n) is 5.61. The van der Waals surface area contributed by atoms with Crippen molar-refractivity contribution in [2.45, 2.75) is 36.7 Å². The first-order valence-corrected chi connectivity index (χ1v) is 8.70. The van der Waals surface area contributed by atoms with Crippen LogP contribution in [0.15, 0.2) is 33.8 Å². The third-order valence-corrected chi connectivity index (χ3v) is 4.94. The van der Waals surface area contributed by atoms with Gasteiger partial charge in [-0.05, 0) is 43.0 Å². The Balaban J connectivity index is 1.98. The summed E-state index contributed by atoms with van der Waals surface area (Å²) in [4.78, 5) is 0.253. The lowest BCUT2D eigenvalue weighted by Crippen LogP contribution is -2.05. The van der Waals surface area contributed by atoms with Gasteiger partial charge in [-0.1, -0.05) is 11.2 Å². The number of aliphatic hydroxyl groups excluding tert-OH is 1.